The van der Waals surface area contributed by atoms with Crippen LogP contribution in [0.3, 0.4) is 0 Å². The molecule has 142 valence electrons. The zero-order valence-electron chi connectivity index (χ0n) is 15.1. The number of hydrogen-bond donors (Lipinski definition) is 0. The van der Waals surface area contributed by atoms with Crippen LogP contribution in [0.25, 0.3) is 0 Å². The smallest absolute Gasteiger partial charge is 0.227 e. The molecule has 0 radical (unpaired) electrons. The van der Waals surface area contributed by atoms with Crippen molar-refractivity contribution >= 4 is 29.2 Å². The van der Waals surface area contributed by atoms with E-state index in [-0.39, 0.29) is 17.7 Å². The molecule has 2 aliphatic rings. The number of nitrogens with zero attached hydrogens (tertiary/aromatic N) is 4. The van der Waals surface area contributed by atoms with Crippen LogP contribution in [0.5, 0.6) is 0 Å². The number of piperazine rings is 1. The van der Waals surface area contributed by atoms with Crippen LogP contribution in [0.4, 0.5) is 5.82 Å². The summed E-state index contributed by atoms with van der Waals surface area (Å²) in [6, 6.07) is 3.73. The van der Waals surface area contributed by atoms with Gasteiger partial charge in [-0.25, -0.2) is 4.98 Å². The molecule has 3 heterocycles. The van der Waals surface area contributed by atoms with Gasteiger partial charge in [0.25, 0.3) is 0 Å². The first-order valence-corrected chi connectivity index (χ1v) is 9.38. The molecule has 3 rings (SSSR count). The van der Waals surface area contributed by atoms with Gasteiger partial charge in [0.15, 0.2) is 0 Å². The number of amides is 2. The van der Waals surface area contributed by atoms with Crippen molar-refractivity contribution in [2.75, 3.05) is 57.9 Å². The van der Waals surface area contributed by atoms with Crippen LogP contribution in [0.1, 0.15) is 12.8 Å². The summed E-state index contributed by atoms with van der Waals surface area (Å²) in [5, 5.41) is 0.618. The lowest BCUT2D eigenvalue weighted by atomic mass is 9.95. The number of ether oxygens (including phenoxy) is 1. The number of aromatic nitrogens is 1. The first-order chi connectivity index (χ1) is 12.6. The summed E-state index contributed by atoms with van der Waals surface area (Å²) in [4.78, 5) is 35.0. The molecule has 0 bridgehead atoms. The fourth-order valence-electron chi connectivity index (χ4n) is 3.50. The average molecular weight is 381 g/mol. The molecule has 26 heavy (non-hydrogen) atoms. The molecule has 0 spiro atoms. The van der Waals surface area contributed by atoms with Crippen molar-refractivity contribution in [1.29, 1.82) is 0 Å². The molecule has 1 aromatic rings. The molecule has 8 heteroatoms. The maximum Gasteiger partial charge on any atom is 0.227 e. The molecule has 1 atom stereocenters. The minimum absolute atomic E-state index is 0.107. The van der Waals surface area contributed by atoms with Gasteiger partial charge >= 0.3 is 0 Å². The number of carbonyl (C=O) groups excluding carboxylic acids is 2. The van der Waals surface area contributed by atoms with Crippen molar-refractivity contribution in [3.8, 4) is 0 Å². The number of methoxy groups -OCH3 is 1. The molecule has 2 aliphatic heterocycles. The molecular formula is C18H25ClN4O3. The van der Waals surface area contributed by atoms with Crippen LogP contribution in [-0.4, -0.2) is 79.6 Å². The highest BCUT2D eigenvalue weighted by molar-refractivity contribution is 6.30. The summed E-state index contributed by atoms with van der Waals surface area (Å²) in [5.41, 5.74) is 0. The highest BCUT2D eigenvalue weighted by Crippen LogP contribution is 2.22. The van der Waals surface area contributed by atoms with Gasteiger partial charge in [-0.3, -0.25) is 9.59 Å². The van der Waals surface area contributed by atoms with Gasteiger partial charge in [0.05, 0.1) is 17.5 Å². The van der Waals surface area contributed by atoms with Crippen molar-refractivity contribution < 1.29 is 14.3 Å². The second kappa shape index (κ2) is 8.68. The fourth-order valence-corrected chi connectivity index (χ4v) is 3.61. The first kappa shape index (κ1) is 18.9. The topological polar surface area (TPSA) is 66.0 Å². The molecule has 2 saturated heterocycles. The summed E-state index contributed by atoms with van der Waals surface area (Å²) in [7, 11) is 1.62. The summed E-state index contributed by atoms with van der Waals surface area (Å²) < 4.78 is 5.06. The van der Waals surface area contributed by atoms with Crippen molar-refractivity contribution in [2.45, 2.75) is 12.8 Å². The van der Waals surface area contributed by atoms with Gasteiger partial charge < -0.3 is 19.4 Å². The number of piperidine rings is 1. The Bertz CT molecular complexity index is 632. The quantitative estimate of drug-likeness (QED) is 0.769. The van der Waals surface area contributed by atoms with E-state index in [4.69, 9.17) is 16.3 Å². The summed E-state index contributed by atoms with van der Waals surface area (Å²) in [6.45, 7) is 4.39. The predicted molar refractivity (Wildman–Crippen MR) is 99.2 cm³/mol. The highest BCUT2D eigenvalue weighted by Gasteiger charge is 2.33. The maximum atomic E-state index is 12.9. The van der Waals surface area contributed by atoms with Gasteiger partial charge in [-0.1, -0.05) is 11.6 Å². The number of likely N-dealkylation sites (tertiary alicyclic amines) is 1. The van der Waals surface area contributed by atoms with Crippen molar-refractivity contribution in [1.82, 2.24) is 14.8 Å². The average Bonchev–Trinajstić information content (AvgIpc) is 2.67. The fraction of sp³-hybridized carbons (Fsp3) is 0.611. The van der Waals surface area contributed by atoms with Gasteiger partial charge in [0, 0.05) is 59.0 Å². The minimum Gasteiger partial charge on any atom is -0.383 e. The molecule has 0 saturated carbocycles. The van der Waals surface area contributed by atoms with Crippen molar-refractivity contribution in [3.05, 3.63) is 23.4 Å². The predicted octanol–water partition coefficient (Wildman–Crippen LogP) is 1.27. The molecule has 0 aromatic carbocycles. The first-order valence-electron chi connectivity index (χ1n) is 9.00. The number of halogens is 1. The van der Waals surface area contributed by atoms with E-state index in [0.717, 1.165) is 18.9 Å². The number of anilines is 1. The third-order valence-electron chi connectivity index (χ3n) is 5.04. The lowest BCUT2D eigenvalue weighted by molar-refractivity contribution is -0.143. The Balaban J connectivity index is 1.53. The van der Waals surface area contributed by atoms with E-state index in [1.807, 2.05) is 17.0 Å². The van der Waals surface area contributed by atoms with E-state index in [1.54, 1.807) is 18.2 Å². The Hall–Kier alpha value is -1.86. The Labute approximate surface area is 158 Å². The van der Waals surface area contributed by atoms with Crippen LogP contribution in [0.2, 0.25) is 5.02 Å². The SMILES string of the molecule is COCCN1CC(C(=O)N2CCN(c3ccc(Cl)cn3)CC2)CCC1=O. The lowest BCUT2D eigenvalue weighted by Gasteiger charge is -2.39. The molecule has 0 N–H and O–H groups in total. The van der Waals surface area contributed by atoms with E-state index in [9.17, 15) is 9.59 Å². The van der Waals surface area contributed by atoms with Crippen molar-refractivity contribution in [3.63, 3.8) is 0 Å². The van der Waals surface area contributed by atoms with E-state index >= 15 is 0 Å². The molecule has 2 amide bonds. The Kier molecular flexibility index (Phi) is 6.32. The maximum absolute atomic E-state index is 12.9. The van der Waals surface area contributed by atoms with Crippen molar-refractivity contribution in [2.24, 2.45) is 5.92 Å². The zero-order chi connectivity index (χ0) is 18.5. The van der Waals surface area contributed by atoms with Crippen LogP contribution < -0.4 is 4.90 Å². The lowest BCUT2D eigenvalue weighted by Crippen LogP contribution is -2.53. The van der Waals surface area contributed by atoms with Gasteiger partial charge in [-0.15, -0.1) is 0 Å². The second-order valence-corrected chi connectivity index (χ2v) is 7.15. The molecular weight excluding hydrogens is 356 g/mol. The largest absolute Gasteiger partial charge is 0.383 e. The van der Waals surface area contributed by atoms with E-state index in [2.05, 4.69) is 9.88 Å². The number of carbonyl (C=O) groups is 2. The van der Waals surface area contributed by atoms with E-state index < -0.39 is 0 Å². The summed E-state index contributed by atoms with van der Waals surface area (Å²) in [5.74, 6) is 1.05. The third kappa shape index (κ3) is 4.45. The normalized spacial score (nSPS) is 21.2. The number of hydrogen-bond acceptors (Lipinski definition) is 5. The third-order valence-corrected chi connectivity index (χ3v) is 5.27. The number of pyridine rings is 1. The highest BCUT2D eigenvalue weighted by atomic mass is 35.5. The standard InChI is InChI=1S/C18H25ClN4O3/c1-26-11-10-23-13-14(2-5-17(23)24)18(25)22-8-6-21(7-9-22)16-4-3-15(19)12-20-16/h3-4,12,14H,2,5-11,13H2,1H3. The van der Waals surface area contributed by atoms with Crippen LogP contribution in [0, 0.1) is 5.92 Å². The van der Waals surface area contributed by atoms with Crippen LogP contribution in [-0.2, 0) is 14.3 Å². The van der Waals surface area contributed by atoms with Gasteiger partial charge in [-0.2, -0.15) is 0 Å². The Morgan fingerprint density at radius 3 is 2.73 bits per heavy atom. The molecule has 2 fully saturated rings. The summed E-state index contributed by atoms with van der Waals surface area (Å²) >= 11 is 5.89. The van der Waals surface area contributed by atoms with Gasteiger partial charge in [-0.05, 0) is 18.6 Å². The number of rotatable bonds is 5. The second-order valence-electron chi connectivity index (χ2n) is 6.72. The Morgan fingerprint density at radius 1 is 1.31 bits per heavy atom. The molecule has 0 aliphatic carbocycles. The molecule has 1 unspecified atom stereocenters. The van der Waals surface area contributed by atoms with Crippen LogP contribution >= 0.6 is 11.6 Å². The van der Waals surface area contributed by atoms with Gasteiger partial charge in [0.2, 0.25) is 11.8 Å². The van der Waals surface area contributed by atoms with Crippen LogP contribution in [0.15, 0.2) is 18.3 Å². The van der Waals surface area contributed by atoms with Gasteiger partial charge in [0.1, 0.15) is 5.82 Å². The Morgan fingerprint density at radius 2 is 2.08 bits per heavy atom. The monoisotopic (exact) mass is 380 g/mol. The summed E-state index contributed by atoms with van der Waals surface area (Å²) in [6.07, 6.45) is 2.72. The minimum atomic E-state index is -0.107. The molecule has 7 nitrogen and oxygen atoms in total. The molecule has 1 aromatic heterocycles. The van der Waals surface area contributed by atoms with E-state index in [1.165, 1.54) is 0 Å². The van der Waals surface area contributed by atoms with E-state index in [0.29, 0.717) is 50.7 Å². The zero-order valence-corrected chi connectivity index (χ0v) is 15.8.